The minimum absolute atomic E-state index is 0.290. The third kappa shape index (κ3) is 2.75. The van der Waals surface area contributed by atoms with Crippen LogP contribution in [0.4, 0.5) is 4.39 Å². The van der Waals surface area contributed by atoms with Gasteiger partial charge in [0.2, 0.25) is 0 Å². The highest BCUT2D eigenvalue weighted by Gasteiger charge is 2.32. The molecule has 0 unspecified atom stereocenters. The van der Waals surface area contributed by atoms with E-state index in [1.54, 1.807) is 0 Å². The van der Waals surface area contributed by atoms with Crippen LogP contribution in [-0.4, -0.2) is 53.7 Å². The largest absolute Gasteiger partial charge is 0.298 e. The van der Waals surface area contributed by atoms with E-state index in [4.69, 9.17) is 0 Å². The Hall–Kier alpha value is -0.150. The van der Waals surface area contributed by atoms with Crippen LogP contribution in [0.3, 0.4) is 0 Å². The number of likely N-dealkylation sites (tertiary alicyclic amines) is 2. The lowest BCUT2D eigenvalue weighted by molar-refractivity contribution is 0.0628. The van der Waals surface area contributed by atoms with Gasteiger partial charge in [-0.15, -0.1) is 0 Å². The van der Waals surface area contributed by atoms with Gasteiger partial charge in [-0.25, -0.2) is 4.39 Å². The van der Waals surface area contributed by atoms with Gasteiger partial charge in [0.05, 0.1) is 0 Å². The topological polar surface area (TPSA) is 6.48 Å². The zero-order valence-corrected chi connectivity index (χ0v) is 10.9. The van der Waals surface area contributed by atoms with E-state index in [2.05, 4.69) is 30.6 Å². The summed E-state index contributed by atoms with van der Waals surface area (Å²) >= 11 is 0. The number of rotatable bonds is 1. The standard InChI is InChI=1S/C13H25FN2/c1-13(2,3)16-8-5-12(6-9-16)15-7-4-11(14)10-15/h11-12H,4-10H2,1-3H3/t11-/m1/s1. The normalized spacial score (nSPS) is 31.1. The lowest BCUT2D eigenvalue weighted by Crippen LogP contribution is -2.50. The third-order valence-corrected chi connectivity index (χ3v) is 4.09. The van der Waals surface area contributed by atoms with Crippen LogP contribution in [0.15, 0.2) is 0 Å². The van der Waals surface area contributed by atoms with Gasteiger partial charge in [0.25, 0.3) is 0 Å². The molecule has 2 aliphatic rings. The molecule has 2 nitrogen and oxygen atoms in total. The van der Waals surface area contributed by atoms with Crippen molar-refractivity contribution >= 4 is 0 Å². The second-order valence-corrected chi connectivity index (χ2v) is 6.27. The zero-order chi connectivity index (χ0) is 11.8. The molecule has 0 aromatic carbocycles. The van der Waals surface area contributed by atoms with Crippen molar-refractivity contribution in [2.24, 2.45) is 0 Å². The molecule has 2 saturated heterocycles. The van der Waals surface area contributed by atoms with E-state index in [1.807, 2.05) is 0 Å². The number of nitrogens with zero attached hydrogens (tertiary/aromatic N) is 2. The van der Waals surface area contributed by atoms with E-state index in [0.717, 1.165) is 13.0 Å². The maximum atomic E-state index is 13.1. The lowest BCUT2D eigenvalue weighted by atomic mass is 9.97. The molecule has 2 aliphatic heterocycles. The van der Waals surface area contributed by atoms with Crippen LogP contribution in [0.1, 0.15) is 40.0 Å². The van der Waals surface area contributed by atoms with Crippen molar-refractivity contribution in [2.45, 2.75) is 57.8 Å². The molecule has 0 bridgehead atoms. The van der Waals surface area contributed by atoms with Gasteiger partial charge >= 0.3 is 0 Å². The first-order valence-electron chi connectivity index (χ1n) is 6.60. The van der Waals surface area contributed by atoms with Crippen LogP contribution < -0.4 is 0 Å². The molecule has 16 heavy (non-hydrogen) atoms. The molecule has 0 aliphatic carbocycles. The average molecular weight is 228 g/mol. The van der Waals surface area contributed by atoms with Crippen molar-refractivity contribution in [3.63, 3.8) is 0 Å². The SMILES string of the molecule is CC(C)(C)N1CCC(N2CC[C@@H](F)C2)CC1. The Labute approximate surface area is 98.8 Å². The van der Waals surface area contributed by atoms with Gasteiger partial charge in [0.15, 0.2) is 0 Å². The summed E-state index contributed by atoms with van der Waals surface area (Å²) in [6, 6.07) is 0.638. The highest BCUT2D eigenvalue weighted by molar-refractivity contribution is 4.88. The molecular weight excluding hydrogens is 203 g/mol. The van der Waals surface area contributed by atoms with Gasteiger partial charge in [-0.1, -0.05) is 0 Å². The van der Waals surface area contributed by atoms with Crippen molar-refractivity contribution in [3.05, 3.63) is 0 Å². The van der Waals surface area contributed by atoms with E-state index in [0.29, 0.717) is 18.1 Å². The highest BCUT2D eigenvalue weighted by Crippen LogP contribution is 2.25. The first-order valence-corrected chi connectivity index (χ1v) is 6.60. The van der Waals surface area contributed by atoms with E-state index < -0.39 is 6.17 Å². The molecule has 0 radical (unpaired) electrons. The Morgan fingerprint density at radius 1 is 1.00 bits per heavy atom. The van der Waals surface area contributed by atoms with E-state index in [1.165, 1.54) is 25.9 Å². The predicted molar refractivity (Wildman–Crippen MR) is 65.4 cm³/mol. The number of hydrogen-bond acceptors (Lipinski definition) is 2. The molecule has 94 valence electrons. The smallest absolute Gasteiger partial charge is 0.114 e. The van der Waals surface area contributed by atoms with Crippen LogP contribution in [0, 0.1) is 0 Å². The van der Waals surface area contributed by atoms with Crippen molar-refractivity contribution in [3.8, 4) is 0 Å². The van der Waals surface area contributed by atoms with Gasteiger partial charge in [-0.2, -0.15) is 0 Å². The number of hydrogen-bond donors (Lipinski definition) is 0. The Balaban J connectivity index is 1.81. The van der Waals surface area contributed by atoms with E-state index >= 15 is 0 Å². The quantitative estimate of drug-likeness (QED) is 0.679. The van der Waals surface area contributed by atoms with Crippen molar-refractivity contribution in [2.75, 3.05) is 26.2 Å². The summed E-state index contributed by atoms with van der Waals surface area (Å²) in [5.74, 6) is 0. The molecule has 2 fully saturated rings. The molecule has 2 rings (SSSR count). The van der Waals surface area contributed by atoms with Crippen molar-refractivity contribution < 1.29 is 4.39 Å². The van der Waals surface area contributed by atoms with Crippen molar-refractivity contribution in [1.29, 1.82) is 0 Å². The fourth-order valence-corrected chi connectivity index (χ4v) is 2.98. The van der Waals surface area contributed by atoms with E-state index in [-0.39, 0.29) is 0 Å². The summed E-state index contributed by atoms with van der Waals surface area (Å²) in [5, 5.41) is 0. The molecule has 0 saturated carbocycles. The fourth-order valence-electron chi connectivity index (χ4n) is 2.98. The van der Waals surface area contributed by atoms with Crippen LogP contribution >= 0.6 is 0 Å². The zero-order valence-electron chi connectivity index (χ0n) is 10.9. The van der Waals surface area contributed by atoms with Gasteiger partial charge < -0.3 is 0 Å². The first kappa shape index (κ1) is 12.3. The maximum absolute atomic E-state index is 13.1. The highest BCUT2D eigenvalue weighted by atomic mass is 19.1. The summed E-state index contributed by atoms with van der Waals surface area (Å²) in [7, 11) is 0. The van der Waals surface area contributed by atoms with Gasteiger partial charge in [-0.05, 0) is 40.0 Å². The van der Waals surface area contributed by atoms with Crippen molar-refractivity contribution in [1.82, 2.24) is 9.80 Å². The minimum Gasteiger partial charge on any atom is -0.298 e. The monoisotopic (exact) mass is 228 g/mol. The fraction of sp³-hybridized carbons (Fsp3) is 1.00. The van der Waals surface area contributed by atoms with E-state index in [9.17, 15) is 4.39 Å². The molecule has 0 N–H and O–H groups in total. The third-order valence-electron chi connectivity index (χ3n) is 4.09. The molecule has 2 heterocycles. The summed E-state index contributed by atoms with van der Waals surface area (Å²) < 4.78 is 13.1. The molecule has 0 spiro atoms. The molecule has 1 atom stereocenters. The summed E-state index contributed by atoms with van der Waals surface area (Å²) in [6.07, 6.45) is 2.61. The molecule has 0 aromatic rings. The lowest BCUT2D eigenvalue weighted by Gasteiger charge is -2.43. The maximum Gasteiger partial charge on any atom is 0.114 e. The average Bonchev–Trinajstić information content (AvgIpc) is 2.64. The molecule has 3 heteroatoms. The van der Waals surface area contributed by atoms with Gasteiger partial charge in [0.1, 0.15) is 6.17 Å². The Kier molecular flexibility index (Phi) is 3.55. The molecule has 0 amide bonds. The number of halogens is 1. The second-order valence-electron chi connectivity index (χ2n) is 6.27. The Morgan fingerprint density at radius 2 is 1.62 bits per heavy atom. The second kappa shape index (κ2) is 4.61. The number of alkyl halides is 1. The summed E-state index contributed by atoms with van der Waals surface area (Å²) in [5.41, 5.74) is 0.290. The summed E-state index contributed by atoms with van der Waals surface area (Å²) in [4.78, 5) is 4.91. The van der Waals surface area contributed by atoms with Crippen LogP contribution in [0.25, 0.3) is 0 Å². The summed E-state index contributed by atoms with van der Waals surface area (Å²) in [6.45, 7) is 10.8. The number of piperidine rings is 1. The van der Waals surface area contributed by atoms with Gasteiger partial charge in [0, 0.05) is 37.8 Å². The van der Waals surface area contributed by atoms with Gasteiger partial charge in [-0.3, -0.25) is 9.80 Å². The Bertz CT molecular complexity index is 229. The van der Waals surface area contributed by atoms with Crippen LogP contribution in [0.5, 0.6) is 0 Å². The van der Waals surface area contributed by atoms with Crippen LogP contribution in [0.2, 0.25) is 0 Å². The first-order chi connectivity index (χ1) is 7.47. The molecule has 0 aromatic heterocycles. The molecular formula is C13H25FN2. The Morgan fingerprint density at radius 3 is 2.06 bits per heavy atom. The van der Waals surface area contributed by atoms with Crippen LogP contribution in [-0.2, 0) is 0 Å². The predicted octanol–water partition coefficient (Wildman–Crippen LogP) is 2.29. The minimum atomic E-state index is -0.569.